The van der Waals surface area contributed by atoms with Crippen molar-refractivity contribution in [1.82, 2.24) is 0 Å². The van der Waals surface area contributed by atoms with Crippen LogP contribution >= 0.6 is 15.6 Å². The van der Waals surface area contributed by atoms with E-state index in [-0.39, 0.29) is 25.7 Å². The van der Waals surface area contributed by atoms with E-state index in [1.807, 2.05) is 0 Å². The monoisotopic (exact) mass is 1340 g/mol. The molecule has 0 rings (SSSR count). The van der Waals surface area contributed by atoms with Gasteiger partial charge >= 0.3 is 39.5 Å². The van der Waals surface area contributed by atoms with E-state index in [0.717, 1.165) is 115 Å². The van der Waals surface area contributed by atoms with Gasteiger partial charge in [-0.05, 0) is 37.5 Å². The quantitative estimate of drug-likeness (QED) is 0.0222. The Hall–Kier alpha value is -1.94. The lowest BCUT2D eigenvalue weighted by atomic mass is 9.99. The summed E-state index contributed by atoms with van der Waals surface area (Å²) in [7, 11) is -9.90. The number of ether oxygens (including phenoxy) is 4. The lowest BCUT2D eigenvalue weighted by molar-refractivity contribution is -0.161. The Bertz CT molecular complexity index is 1770. The minimum atomic E-state index is -4.95. The molecule has 0 aliphatic carbocycles. The summed E-state index contributed by atoms with van der Waals surface area (Å²) in [6.45, 7) is 9.55. The van der Waals surface area contributed by atoms with Crippen LogP contribution in [0.3, 0.4) is 0 Å². The minimum Gasteiger partial charge on any atom is -0.462 e. The van der Waals surface area contributed by atoms with Gasteiger partial charge in [0.25, 0.3) is 0 Å². The number of hydrogen-bond donors (Lipinski definition) is 3. The van der Waals surface area contributed by atoms with E-state index in [9.17, 15) is 43.2 Å². The standard InChI is InChI=1S/C72H140O17P2/c1-7-10-12-14-16-17-18-19-20-21-22-23-24-32-38-44-50-56-71(76)89-68(61-83-70(75)55-49-43-37-31-28-26-30-36-41-47-53-65(6)9-3)63-87-91(80,81)85-59-66(73)58-84-90(78,79)86-62-67(60-82-69(74)54-48-42-34-15-13-11-8-2)88-72(77)57-51-45-39-33-27-25-29-35-40-46-52-64(4)5/h64-68,73H,7-63H2,1-6H3,(H,78,79)(H,80,81)/t65?,66-,67+,68+/m0/s1. The van der Waals surface area contributed by atoms with Crippen LogP contribution in [0.5, 0.6) is 0 Å². The van der Waals surface area contributed by atoms with Gasteiger partial charge in [0.05, 0.1) is 26.4 Å². The number of unbranched alkanes of at least 4 members (excludes halogenated alkanes) is 40. The Labute approximate surface area is 556 Å². The fourth-order valence-electron chi connectivity index (χ4n) is 10.9. The van der Waals surface area contributed by atoms with Crippen molar-refractivity contribution in [2.75, 3.05) is 39.6 Å². The van der Waals surface area contributed by atoms with Crippen LogP contribution in [0.2, 0.25) is 0 Å². The smallest absolute Gasteiger partial charge is 0.462 e. The van der Waals surface area contributed by atoms with Crippen LogP contribution in [0.15, 0.2) is 0 Å². The Morgan fingerprint density at radius 3 is 0.835 bits per heavy atom. The number of phosphoric ester groups is 2. The molecular weight excluding hydrogens is 1200 g/mol. The highest BCUT2D eigenvalue weighted by Crippen LogP contribution is 2.45. The molecule has 0 amide bonds. The van der Waals surface area contributed by atoms with Gasteiger partial charge in [-0.15, -0.1) is 0 Å². The first kappa shape index (κ1) is 89.1. The number of phosphoric acid groups is 2. The number of carbonyl (C=O) groups excluding carboxylic acids is 4. The molecule has 17 nitrogen and oxygen atoms in total. The van der Waals surface area contributed by atoms with Crippen molar-refractivity contribution >= 4 is 39.5 Å². The molecule has 0 aromatic rings. The molecule has 0 bridgehead atoms. The summed E-state index contributed by atoms with van der Waals surface area (Å²) < 4.78 is 68.3. The molecular formula is C72H140O17P2. The van der Waals surface area contributed by atoms with Crippen LogP contribution in [0.25, 0.3) is 0 Å². The predicted molar refractivity (Wildman–Crippen MR) is 368 cm³/mol. The van der Waals surface area contributed by atoms with Crippen LogP contribution in [0, 0.1) is 11.8 Å². The normalized spacial score (nSPS) is 14.4. The Balaban J connectivity index is 5.21. The summed E-state index contributed by atoms with van der Waals surface area (Å²) >= 11 is 0. The third kappa shape index (κ3) is 65.1. The van der Waals surface area contributed by atoms with E-state index in [1.165, 1.54) is 173 Å². The van der Waals surface area contributed by atoms with Gasteiger partial charge in [0, 0.05) is 25.7 Å². The SMILES string of the molecule is CCCCCCCCCCCCCCCCCCCC(=O)O[C@H](COC(=O)CCCCCCCCCCCCC(C)CC)COP(=O)(O)OC[C@@H](O)COP(=O)(O)OC[C@@H](COC(=O)CCCCCCCCC)OC(=O)CCCCCCCCCCCCC(C)C. The maximum absolute atomic E-state index is 13.0. The molecule has 0 radical (unpaired) electrons. The molecule has 0 saturated heterocycles. The van der Waals surface area contributed by atoms with Crippen molar-refractivity contribution in [2.24, 2.45) is 11.8 Å². The highest BCUT2D eigenvalue weighted by atomic mass is 31.2. The molecule has 0 aliphatic heterocycles. The first-order chi connectivity index (χ1) is 43.9. The number of aliphatic hydroxyl groups is 1. The van der Waals surface area contributed by atoms with Crippen molar-refractivity contribution in [3.8, 4) is 0 Å². The number of carbonyl (C=O) groups is 4. The molecule has 0 heterocycles. The third-order valence-corrected chi connectivity index (χ3v) is 19.0. The van der Waals surface area contributed by atoms with Gasteiger partial charge in [-0.1, -0.05) is 318 Å². The topological polar surface area (TPSA) is 237 Å². The maximum atomic E-state index is 13.0. The molecule has 0 saturated carbocycles. The summed E-state index contributed by atoms with van der Waals surface area (Å²) in [6, 6.07) is 0. The molecule has 0 aliphatic rings. The van der Waals surface area contributed by atoms with Crippen LogP contribution in [-0.2, 0) is 65.4 Å². The first-order valence-electron chi connectivity index (χ1n) is 37.5. The molecule has 0 fully saturated rings. The number of hydrogen-bond acceptors (Lipinski definition) is 15. The molecule has 6 atom stereocenters. The Kier molecular flexibility index (Phi) is 62.7. The largest absolute Gasteiger partial charge is 0.472 e. The Morgan fingerprint density at radius 2 is 0.560 bits per heavy atom. The van der Waals surface area contributed by atoms with Gasteiger partial charge in [0.15, 0.2) is 12.2 Å². The molecule has 0 aromatic carbocycles. The van der Waals surface area contributed by atoms with Crippen molar-refractivity contribution in [2.45, 2.75) is 387 Å². The van der Waals surface area contributed by atoms with Crippen molar-refractivity contribution in [3.05, 3.63) is 0 Å². The highest BCUT2D eigenvalue weighted by Gasteiger charge is 2.30. The molecule has 91 heavy (non-hydrogen) atoms. The van der Waals surface area contributed by atoms with E-state index < -0.39 is 97.5 Å². The van der Waals surface area contributed by atoms with Gasteiger partial charge in [0.2, 0.25) is 0 Å². The van der Waals surface area contributed by atoms with E-state index in [1.54, 1.807) is 0 Å². The second-order valence-corrected chi connectivity index (χ2v) is 29.6. The molecule has 540 valence electrons. The summed E-state index contributed by atoms with van der Waals surface area (Å²) in [4.78, 5) is 72.5. The zero-order chi connectivity index (χ0) is 67.2. The fraction of sp³-hybridized carbons (Fsp3) is 0.944. The maximum Gasteiger partial charge on any atom is 0.472 e. The van der Waals surface area contributed by atoms with E-state index in [4.69, 9.17) is 37.0 Å². The van der Waals surface area contributed by atoms with E-state index in [2.05, 4.69) is 41.5 Å². The van der Waals surface area contributed by atoms with E-state index in [0.29, 0.717) is 25.7 Å². The van der Waals surface area contributed by atoms with Crippen LogP contribution in [-0.4, -0.2) is 96.7 Å². The number of rotatable bonds is 71. The van der Waals surface area contributed by atoms with Crippen molar-refractivity contribution in [1.29, 1.82) is 0 Å². The highest BCUT2D eigenvalue weighted by molar-refractivity contribution is 7.47. The predicted octanol–water partition coefficient (Wildman–Crippen LogP) is 20.8. The van der Waals surface area contributed by atoms with Gasteiger partial charge in [-0.25, -0.2) is 9.13 Å². The summed E-state index contributed by atoms with van der Waals surface area (Å²) in [5.41, 5.74) is 0. The molecule has 0 spiro atoms. The molecule has 3 N–H and O–H groups in total. The molecule has 0 aromatic heterocycles. The van der Waals surface area contributed by atoms with E-state index >= 15 is 0 Å². The second kappa shape index (κ2) is 64.1. The van der Waals surface area contributed by atoms with Crippen LogP contribution < -0.4 is 0 Å². The van der Waals surface area contributed by atoms with Gasteiger partial charge in [0.1, 0.15) is 19.3 Å². The minimum absolute atomic E-state index is 0.106. The van der Waals surface area contributed by atoms with Gasteiger partial charge < -0.3 is 33.8 Å². The number of esters is 4. The fourth-order valence-corrected chi connectivity index (χ4v) is 12.5. The third-order valence-electron chi connectivity index (χ3n) is 17.1. The van der Waals surface area contributed by atoms with Crippen LogP contribution in [0.1, 0.15) is 369 Å². The number of aliphatic hydroxyl groups excluding tert-OH is 1. The second-order valence-electron chi connectivity index (χ2n) is 26.7. The lowest BCUT2D eigenvalue weighted by Gasteiger charge is -2.21. The first-order valence-corrected chi connectivity index (χ1v) is 40.5. The summed E-state index contributed by atoms with van der Waals surface area (Å²) in [5, 5.41) is 10.6. The Morgan fingerprint density at radius 1 is 0.319 bits per heavy atom. The van der Waals surface area contributed by atoms with Gasteiger partial charge in [-0.3, -0.25) is 37.3 Å². The molecule has 19 heteroatoms. The zero-order valence-electron chi connectivity index (χ0n) is 59.1. The summed E-state index contributed by atoms with van der Waals surface area (Å²) in [6.07, 6.45) is 50.0. The lowest BCUT2D eigenvalue weighted by Crippen LogP contribution is -2.30. The molecule has 3 unspecified atom stereocenters. The van der Waals surface area contributed by atoms with Crippen molar-refractivity contribution in [3.63, 3.8) is 0 Å². The average molecular weight is 1340 g/mol. The van der Waals surface area contributed by atoms with Crippen molar-refractivity contribution < 1.29 is 80.2 Å². The summed E-state index contributed by atoms with van der Waals surface area (Å²) in [5.74, 6) is -0.563. The van der Waals surface area contributed by atoms with Crippen LogP contribution in [0.4, 0.5) is 0 Å². The average Bonchev–Trinajstić information content (AvgIpc) is 3.73. The van der Waals surface area contributed by atoms with Gasteiger partial charge in [-0.2, -0.15) is 0 Å². The zero-order valence-corrected chi connectivity index (χ0v) is 60.9.